The lowest BCUT2D eigenvalue weighted by Crippen LogP contribution is -2.49. The second-order valence-electron chi connectivity index (χ2n) is 7.41. The number of carbonyl (C=O) groups excluding carboxylic acids is 1. The standard InChI is InChI=1S/C21H24N4O3S/c1-29(27,28)15-14-23-10-12-24(13-11-23)21(26)17-6-8-18(9-7-17)25-16-22-19-4-2-3-5-20(19)25/h2-9,16H,10-15H2,1H3. The molecule has 0 unspecified atom stereocenters. The van der Waals surface area contributed by atoms with E-state index in [4.69, 9.17) is 0 Å². The number of aromatic nitrogens is 2. The molecule has 0 bridgehead atoms. The minimum Gasteiger partial charge on any atom is -0.336 e. The van der Waals surface area contributed by atoms with Crippen LogP contribution < -0.4 is 0 Å². The number of para-hydroxylation sites is 2. The summed E-state index contributed by atoms with van der Waals surface area (Å²) in [4.78, 5) is 21.2. The van der Waals surface area contributed by atoms with Gasteiger partial charge < -0.3 is 4.90 Å². The van der Waals surface area contributed by atoms with Gasteiger partial charge in [-0.3, -0.25) is 14.3 Å². The van der Waals surface area contributed by atoms with Gasteiger partial charge in [0.25, 0.3) is 5.91 Å². The van der Waals surface area contributed by atoms with E-state index in [1.54, 1.807) is 6.33 Å². The van der Waals surface area contributed by atoms with E-state index in [1.807, 2.05) is 58.0 Å². The van der Waals surface area contributed by atoms with Gasteiger partial charge in [0.15, 0.2) is 0 Å². The van der Waals surface area contributed by atoms with Crippen molar-refractivity contribution in [2.75, 3.05) is 44.7 Å². The van der Waals surface area contributed by atoms with Gasteiger partial charge in [0.2, 0.25) is 0 Å². The van der Waals surface area contributed by atoms with Gasteiger partial charge in [0.1, 0.15) is 16.2 Å². The molecule has 4 rings (SSSR count). The molecule has 3 aromatic rings. The maximum atomic E-state index is 12.8. The summed E-state index contributed by atoms with van der Waals surface area (Å²) in [5, 5.41) is 0. The van der Waals surface area contributed by atoms with E-state index in [1.165, 1.54) is 6.26 Å². The average molecular weight is 413 g/mol. The van der Waals surface area contributed by atoms with E-state index in [2.05, 4.69) is 9.88 Å². The summed E-state index contributed by atoms with van der Waals surface area (Å²) in [6, 6.07) is 15.5. The van der Waals surface area contributed by atoms with Crippen LogP contribution >= 0.6 is 0 Å². The largest absolute Gasteiger partial charge is 0.336 e. The van der Waals surface area contributed by atoms with E-state index in [0.29, 0.717) is 38.3 Å². The lowest BCUT2D eigenvalue weighted by molar-refractivity contribution is 0.0644. The van der Waals surface area contributed by atoms with Crippen LogP contribution in [-0.2, 0) is 9.84 Å². The van der Waals surface area contributed by atoms with Crippen molar-refractivity contribution in [3.05, 3.63) is 60.4 Å². The van der Waals surface area contributed by atoms with Crippen LogP contribution in [0.3, 0.4) is 0 Å². The first kappa shape index (κ1) is 19.6. The van der Waals surface area contributed by atoms with E-state index in [9.17, 15) is 13.2 Å². The van der Waals surface area contributed by atoms with E-state index in [0.717, 1.165) is 16.7 Å². The molecule has 0 N–H and O–H groups in total. The molecule has 0 spiro atoms. The molecule has 2 aromatic carbocycles. The quantitative estimate of drug-likeness (QED) is 0.639. The number of hydrogen-bond donors (Lipinski definition) is 0. The molecule has 8 heteroatoms. The Morgan fingerprint density at radius 2 is 1.69 bits per heavy atom. The number of carbonyl (C=O) groups is 1. The van der Waals surface area contributed by atoms with Crippen LogP contribution in [0.2, 0.25) is 0 Å². The first-order valence-corrected chi connectivity index (χ1v) is 11.7. The molecule has 0 atom stereocenters. The molecular formula is C21H24N4O3S. The molecule has 29 heavy (non-hydrogen) atoms. The zero-order valence-electron chi connectivity index (χ0n) is 16.4. The zero-order valence-corrected chi connectivity index (χ0v) is 17.2. The number of amides is 1. The SMILES string of the molecule is CS(=O)(=O)CCN1CCN(C(=O)c2ccc(-n3cnc4ccccc43)cc2)CC1. The fourth-order valence-electron chi connectivity index (χ4n) is 3.58. The number of hydrogen-bond acceptors (Lipinski definition) is 5. The molecule has 0 saturated carbocycles. The fourth-order valence-corrected chi connectivity index (χ4v) is 4.17. The number of rotatable bonds is 5. The molecule has 1 fully saturated rings. The highest BCUT2D eigenvalue weighted by Gasteiger charge is 2.22. The van der Waals surface area contributed by atoms with Gasteiger partial charge in [-0.15, -0.1) is 0 Å². The highest BCUT2D eigenvalue weighted by molar-refractivity contribution is 7.90. The maximum Gasteiger partial charge on any atom is 0.253 e. The van der Waals surface area contributed by atoms with Crippen molar-refractivity contribution in [2.45, 2.75) is 0 Å². The third kappa shape index (κ3) is 4.49. The normalized spacial score (nSPS) is 15.7. The third-order valence-electron chi connectivity index (χ3n) is 5.28. The minimum atomic E-state index is -2.96. The Bertz CT molecular complexity index is 1110. The van der Waals surface area contributed by atoms with Crippen molar-refractivity contribution in [1.29, 1.82) is 0 Å². The lowest BCUT2D eigenvalue weighted by atomic mass is 10.1. The summed E-state index contributed by atoms with van der Waals surface area (Å²) in [6.45, 7) is 3.13. The second-order valence-corrected chi connectivity index (χ2v) is 9.67. The second kappa shape index (κ2) is 7.96. The van der Waals surface area contributed by atoms with Gasteiger partial charge in [-0.2, -0.15) is 0 Å². The molecule has 0 aliphatic carbocycles. The summed E-state index contributed by atoms with van der Waals surface area (Å²) in [5.74, 6) is 0.167. The molecule has 0 radical (unpaired) electrons. The van der Waals surface area contributed by atoms with Gasteiger partial charge in [0, 0.05) is 50.2 Å². The zero-order chi connectivity index (χ0) is 20.4. The molecule has 1 saturated heterocycles. The average Bonchev–Trinajstić information content (AvgIpc) is 3.16. The predicted molar refractivity (Wildman–Crippen MR) is 113 cm³/mol. The Kier molecular flexibility index (Phi) is 5.38. The summed E-state index contributed by atoms with van der Waals surface area (Å²) < 4.78 is 24.6. The lowest BCUT2D eigenvalue weighted by Gasteiger charge is -2.34. The Balaban J connectivity index is 1.40. The van der Waals surface area contributed by atoms with Crippen molar-refractivity contribution in [3.8, 4) is 5.69 Å². The number of imidazole rings is 1. The van der Waals surface area contributed by atoms with Crippen molar-refractivity contribution < 1.29 is 13.2 Å². The van der Waals surface area contributed by atoms with Crippen molar-refractivity contribution in [1.82, 2.24) is 19.4 Å². The number of benzene rings is 2. The maximum absolute atomic E-state index is 12.8. The molecule has 152 valence electrons. The van der Waals surface area contributed by atoms with Gasteiger partial charge in [-0.25, -0.2) is 13.4 Å². The van der Waals surface area contributed by atoms with Crippen LogP contribution in [0.15, 0.2) is 54.9 Å². The van der Waals surface area contributed by atoms with Crippen LogP contribution in [0.4, 0.5) is 0 Å². The fraction of sp³-hybridized carbons (Fsp3) is 0.333. The Hall–Kier alpha value is -2.71. The summed E-state index contributed by atoms with van der Waals surface area (Å²) in [6.07, 6.45) is 3.04. The van der Waals surface area contributed by atoms with Crippen molar-refractivity contribution in [2.24, 2.45) is 0 Å². The molecule has 1 aromatic heterocycles. The van der Waals surface area contributed by atoms with Crippen LogP contribution in [0.1, 0.15) is 10.4 Å². The molecular weight excluding hydrogens is 388 g/mol. The predicted octanol–water partition coefficient (Wildman–Crippen LogP) is 1.83. The Labute approximate surface area is 170 Å². The molecule has 1 aliphatic heterocycles. The first-order valence-electron chi connectivity index (χ1n) is 9.63. The Morgan fingerprint density at radius 1 is 1.00 bits per heavy atom. The third-order valence-corrected chi connectivity index (χ3v) is 6.21. The smallest absolute Gasteiger partial charge is 0.253 e. The van der Waals surface area contributed by atoms with E-state index < -0.39 is 9.84 Å². The van der Waals surface area contributed by atoms with Crippen LogP contribution in [0.25, 0.3) is 16.7 Å². The summed E-state index contributed by atoms with van der Waals surface area (Å²) in [5.41, 5.74) is 3.57. The highest BCUT2D eigenvalue weighted by Crippen LogP contribution is 2.19. The molecule has 1 amide bonds. The molecule has 1 aliphatic rings. The number of fused-ring (bicyclic) bond motifs is 1. The van der Waals surface area contributed by atoms with Crippen LogP contribution in [-0.4, -0.2) is 78.4 Å². The Morgan fingerprint density at radius 3 is 2.38 bits per heavy atom. The van der Waals surface area contributed by atoms with Crippen LogP contribution in [0.5, 0.6) is 0 Å². The topological polar surface area (TPSA) is 75.5 Å². The number of nitrogens with zero attached hydrogens (tertiary/aromatic N) is 4. The first-order chi connectivity index (χ1) is 13.9. The van der Waals surface area contributed by atoms with Gasteiger partial charge >= 0.3 is 0 Å². The van der Waals surface area contributed by atoms with Crippen molar-refractivity contribution >= 4 is 26.8 Å². The van der Waals surface area contributed by atoms with Gasteiger partial charge in [0.05, 0.1) is 16.8 Å². The number of piperazine rings is 1. The van der Waals surface area contributed by atoms with Crippen molar-refractivity contribution in [3.63, 3.8) is 0 Å². The molecule has 7 nitrogen and oxygen atoms in total. The summed E-state index contributed by atoms with van der Waals surface area (Å²) in [7, 11) is -2.96. The summed E-state index contributed by atoms with van der Waals surface area (Å²) >= 11 is 0. The van der Waals surface area contributed by atoms with E-state index >= 15 is 0 Å². The van der Waals surface area contributed by atoms with Crippen LogP contribution in [0, 0.1) is 0 Å². The minimum absolute atomic E-state index is 0.00908. The number of sulfone groups is 1. The van der Waals surface area contributed by atoms with Gasteiger partial charge in [-0.05, 0) is 36.4 Å². The van der Waals surface area contributed by atoms with Gasteiger partial charge in [-0.1, -0.05) is 12.1 Å². The molecule has 2 heterocycles. The highest BCUT2D eigenvalue weighted by atomic mass is 32.2. The monoisotopic (exact) mass is 412 g/mol. The van der Waals surface area contributed by atoms with E-state index in [-0.39, 0.29) is 11.7 Å².